The third-order valence-corrected chi connectivity index (χ3v) is 4.53. The zero-order valence-electron chi connectivity index (χ0n) is 13.6. The molecular formula is C17H20FN3O3. The van der Waals surface area contributed by atoms with Crippen molar-refractivity contribution < 1.29 is 9.50 Å². The van der Waals surface area contributed by atoms with Crippen LogP contribution in [-0.2, 0) is 20.6 Å². The largest absolute Gasteiger partial charge is 0.392 e. The smallest absolute Gasteiger partial charge is 0.330 e. The van der Waals surface area contributed by atoms with Crippen LogP contribution in [0.1, 0.15) is 23.6 Å². The van der Waals surface area contributed by atoms with Crippen LogP contribution in [-0.4, -0.2) is 31.8 Å². The standard InChI is InChI=1S/C17H20FN3O3/c1-19-8-12(16(23)20(2)17(19)24)9-21-10-14(22)7-15(21)11-3-5-13(18)6-4-11/h3-6,8,14-15,22H,7,9-10H2,1-2H3. The van der Waals surface area contributed by atoms with E-state index in [1.807, 2.05) is 4.90 Å². The monoisotopic (exact) mass is 333 g/mol. The Hall–Kier alpha value is -2.25. The number of aryl methyl sites for hydroxylation is 1. The highest BCUT2D eigenvalue weighted by Crippen LogP contribution is 2.33. The first kappa shape index (κ1) is 16.6. The van der Waals surface area contributed by atoms with Gasteiger partial charge < -0.3 is 9.67 Å². The minimum Gasteiger partial charge on any atom is -0.392 e. The van der Waals surface area contributed by atoms with Gasteiger partial charge in [-0.2, -0.15) is 0 Å². The molecule has 3 rings (SSSR count). The van der Waals surface area contributed by atoms with E-state index in [1.165, 1.54) is 29.9 Å². The first-order chi connectivity index (χ1) is 11.4. The lowest BCUT2D eigenvalue weighted by molar-refractivity contribution is 0.172. The van der Waals surface area contributed by atoms with E-state index >= 15 is 0 Å². The van der Waals surface area contributed by atoms with E-state index < -0.39 is 6.10 Å². The zero-order valence-corrected chi connectivity index (χ0v) is 13.6. The van der Waals surface area contributed by atoms with Crippen molar-refractivity contribution in [1.82, 2.24) is 14.0 Å². The van der Waals surface area contributed by atoms with Crippen molar-refractivity contribution in [2.24, 2.45) is 14.1 Å². The molecule has 1 aromatic heterocycles. The number of benzene rings is 1. The summed E-state index contributed by atoms with van der Waals surface area (Å²) in [5.74, 6) is -0.309. The van der Waals surface area contributed by atoms with Crippen LogP contribution in [0.3, 0.4) is 0 Å². The lowest BCUT2D eigenvalue weighted by Crippen LogP contribution is -2.40. The summed E-state index contributed by atoms with van der Waals surface area (Å²) in [6, 6.07) is 6.09. The number of nitrogens with zero attached hydrogens (tertiary/aromatic N) is 3. The van der Waals surface area contributed by atoms with Crippen molar-refractivity contribution in [3.63, 3.8) is 0 Å². The summed E-state index contributed by atoms with van der Waals surface area (Å²) in [5.41, 5.74) is 0.674. The lowest BCUT2D eigenvalue weighted by atomic mass is 10.0. The lowest BCUT2D eigenvalue weighted by Gasteiger charge is -2.24. The number of aromatic nitrogens is 2. The molecule has 1 saturated heterocycles. The fourth-order valence-electron chi connectivity index (χ4n) is 3.30. The van der Waals surface area contributed by atoms with E-state index in [0.717, 1.165) is 10.1 Å². The van der Waals surface area contributed by atoms with E-state index in [9.17, 15) is 19.1 Å². The molecular weight excluding hydrogens is 313 g/mol. The second kappa shape index (κ2) is 6.33. The van der Waals surface area contributed by atoms with Crippen LogP contribution in [0.25, 0.3) is 0 Å². The molecule has 1 aliphatic rings. The third kappa shape index (κ3) is 3.05. The molecule has 24 heavy (non-hydrogen) atoms. The average molecular weight is 333 g/mol. The summed E-state index contributed by atoms with van der Waals surface area (Å²) in [4.78, 5) is 26.1. The molecule has 0 bridgehead atoms. The molecule has 6 nitrogen and oxygen atoms in total. The van der Waals surface area contributed by atoms with Crippen LogP contribution >= 0.6 is 0 Å². The number of hydrogen-bond acceptors (Lipinski definition) is 4. The Bertz CT molecular complexity index is 857. The molecule has 0 radical (unpaired) electrons. The SMILES string of the molecule is Cn1cc(CN2CC(O)CC2c2ccc(F)cc2)c(=O)n(C)c1=O. The van der Waals surface area contributed by atoms with Crippen LogP contribution in [0, 0.1) is 5.82 Å². The fraction of sp³-hybridized carbons (Fsp3) is 0.412. The molecule has 2 unspecified atom stereocenters. The predicted octanol–water partition coefficient (Wildman–Crippen LogP) is 0.531. The van der Waals surface area contributed by atoms with Crippen molar-refractivity contribution in [2.45, 2.75) is 25.1 Å². The van der Waals surface area contributed by atoms with Gasteiger partial charge in [-0.25, -0.2) is 9.18 Å². The topological polar surface area (TPSA) is 67.5 Å². The first-order valence-corrected chi connectivity index (χ1v) is 7.80. The van der Waals surface area contributed by atoms with Crippen molar-refractivity contribution in [1.29, 1.82) is 0 Å². The van der Waals surface area contributed by atoms with E-state index in [2.05, 4.69) is 0 Å². The maximum absolute atomic E-state index is 13.1. The minimum absolute atomic E-state index is 0.0949. The third-order valence-electron chi connectivity index (χ3n) is 4.53. The molecule has 0 saturated carbocycles. The number of halogens is 1. The molecule has 7 heteroatoms. The molecule has 2 atom stereocenters. The molecule has 2 aromatic rings. The second-order valence-corrected chi connectivity index (χ2v) is 6.30. The zero-order chi connectivity index (χ0) is 17.4. The van der Waals surface area contributed by atoms with Gasteiger partial charge in [-0.1, -0.05) is 12.1 Å². The highest BCUT2D eigenvalue weighted by molar-refractivity contribution is 5.22. The Morgan fingerprint density at radius 3 is 2.54 bits per heavy atom. The first-order valence-electron chi connectivity index (χ1n) is 7.80. The Balaban J connectivity index is 1.92. The molecule has 0 aliphatic carbocycles. The molecule has 1 aromatic carbocycles. The van der Waals surface area contributed by atoms with Gasteiger partial charge in [0, 0.05) is 45.0 Å². The normalized spacial score (nSPS) is 21.3. The van der Waals surface area contributed by atoms with E-state index in [1.54, 1.807) is 19.2 Å². The summed E-state index contributed by atoms with van der Waals surface area (Å²) < 4.78 is 15.6. The molecule has 0 amide bonds. The summed E-state index contributed by atoms with van der Waals surface area (Å²) in [7, 11) is 3.05. The van der Waals surface area contributed by atoms with Gasteiger partial charge >= 0.3 is 5.69 Å². The highest BCUT2D eigenvalue weighted by Gasteiger charge is 2.32. The Labute approximate surface area is 138 Å². The van der Waals surface area contributed by atoms with Gasteiger partial charge in [0.2, 0.25) is 0 Å². The molecule has 128 valence electrons. The van der Waals surface area contributed by atoms with Crippen molar-refractivity contribution in [2.75, 3.05) is 6.54 Å². The van der Waals surface area contributed by atoms with Gasteiger partial charge in [0.05, 0.1) is 6.10 Å². The van der Waals surface area contributed by atoms with Crippen molar-refractivity contribution in [3.8, 4) is 0 Å². The quantitative estimate of drug-likeness (QED) is 0.890. The van der Waals surface area contributed by atoms with Crippen molar-refractivity contribution in [3.05, 3.63) is 68.2 Å². The molecule has 1 fully saturated rings. The van der Waals surface area contributed by atoms with Gasteiger partial charge in [0.25, 0.3) is 5.56 Å². The number of hydrogen-bond donors (Lipinski definition) is 1. The van der Waals surface area contributed by atoms with Gasteiger partial charge in [0.1, 0.15) is 5.82 Å². The summed E-state index contributed by atoms with van der Waals surface area (Å²) in [5, 5.41) is 10.0. The Morgan fingerprint density at radius 2 is 1.88 bits per heavy atom. The van der Waals surface area contributed by atoms with Crippen LogP contribution in [0.2, 0.25) is 0 Å². The van der Waals surface area contributed by atoms with Gasteiger partial charge in [-0.3, -0.25) is 14.3 Å². The Morgan fingerprint density at radius 1 is 1.21 bits per heavy atom. The number of β-amino-alcohol motifs (C(OH)–C–C–N with tert-alkyl or cyclic N) is 1. The van der Waals surface area contributed by atoms with Crippen LogP contribution < -0.4 is 11.2 Å². The van der Waals surface area contributed by atoms with E-state index in [4.69, 9.17) is 0 Å². The average Bonchev–Trinajstić information content (AvgIpc) is 2.92. The summed E-state index contributed by atoms with van der Waals surface area (Å²) in [6.45, 7) is 0.744. The molecule has 2 heterocycles. The molecule has 1 N–H and O–H groups in total. The number of aliphatic hydroxyl groups excluding tert-OH is 1. The predicted molar refractivity (Wildman–Crippen MR) is 87.1 cm³/mol. The Kier molecular flexibility index (Phi) is 4.38. The molecule has 1 aliphatic heterocycles. The number of aliphatic hydroxyl groups is 1. The van der Waals surface area contributed by atoms with Gasteiger partial charge in [0.15, 0.2) is 0 Å². The number of rotatable bonds is 3. The fourth-order valence-corrected chi connectivity index (χ4v) is 3.30. The maximum Gasteiger partial charge on any atom is 0.330 e. The van der Waals surface area contributed by atoms with E-state index in [-0.39, 0.29) is 23.1 Å². The minimum atomic E-state index is -0.503. The van der Waals surface area contributed by atoms with Gasteiger partial charge in [-0.15, -0.1) is 0 Å². The maximum atomic E-state index is 13.1. The van der Waals surface area contributed by atoms with Crippen LogP contribution in [0.15, 0.2) is 40.1 Å². The molecule has 0 spiro atoms. The van der Waals surface area contributed by atoms with Gasteiger partial charge in [-0.05, 0) is 24.1 Å². The number of likely N-dealkylation sites (tertiary alicyclic amines) is 1. The summed E-state index contributed by atoms with van der Waals surface area (Å²) >= 11 is 0. The van der Waals surface area contributed by atoms with E-state index in [0.29, 0.717) is 25.1 Å². The summed E-state index contributed by atoms with van der Waals surface area (Å²) in [6.07, 6.45) is 1.56. The highest BCUT2D eigenvalue weighted by atomic mass is 19.1. The van der Waals surface area contributed by atoms with Crippen molar-refractivity contribution >= 4 is 0 Å². The second-order valence-electron chi connectivity index (χ2n) is 6.30. The van der Waals surface area contributed by atoms with Crippen LogP contribution in [0.5, 0.6) is 0 Å². The van der Waals surface area contributed by atoms with Crippen LogP contribution in [0.4, 0.5) is 4.39 Å².